The molecule has 0 spiro atoms. The SMILES string of the molecule is O=C(CSc1nnc2ccccn12)Nc1cccc(Br)c1. The minimum absolute atomic E-state index is 0.0780. The van der Waals surface area contributed by atoms with E-state index in [1.807, 2.05) is 53.1 Å². The van der Waals surface area contributed by atoms with Crippen molar-refractivity contribution < 1.29 is 4.79 Å². The highest BCUT2D eigenvalue weighted by Gasteiger charge is 2.09. The molecule has 7 heteroatoms. The van der Waals surface area contributed by atoms with E-state index in [4.69, 9.17) is 0 Å². The average molecular weight is 363 g/mol. The molecule has 0 aliphatic rings. The highest BCUT2D eigenvalue weighted by Crippen LogP contribution is 2.18. The number of nitrogens with one attached hydrogen (secondary N) is 1. The van der Waals surface area contributed by atoms with Gasteiger partial charge in [-0.15, -0.1) is 10.2 Å². The van der Waals surface area contributed by atoms with Crippen LogP contribution in [0.4, 0.5) is 5.69 Å². The molecule has 1 amide bonds. The zero-order valence-electron chi connectivity index (χ0n) is 10.9. The molecule has 1 aromatic carbocycles. The highest BCUT2D eigenvalue weighted by atomic mass is 79.9. The lowest BCUT2D eigenvalue weighted by Gasteiger charge is -2.04. The summed E-state index contributed by atoms with van der Waals surface area (Å²) >= 11 is 4.73. The zero-order chi connectivity index (χ0) is 14.7. The molecule has 0 unspecified atom stereocenters. The monoisotopic (exact) mass is 362 g/mol. The van der Waals surface area contributed by atoms with Gasteiger partial charge in [0, 0.05) is 16.4 Å². The Labute approximate surface area is 133 Å². The lowest BCUT2D eigenvalue weighted by atomic mass is 10.3. The molecule has 1 N–H and O–H groups in total. The van der Waals surface area contributed by atoms with Crippen LogP contribution in [-0.4, -0.2) is 26.3 Å². The number of benzene rings is 1. The van der Waals surface area contributed by atoms with E-state index in [9.17, 15) is 4.79 Å². The van der Waals surface area contributed by atoms with Crippen molar-refractivity contribution in [3.8, 4) is 0 Å². The number of hydrogen-bond donors (Lipinski definition) is 1. The Bertz CT molecular complexity index is 789. The first-order chi connectivity index (χ1) is 10.2. The van der Waals surface area contributed by atoms with E-state index in [0.29, 0.717) is 5.16 Å². The number of nitrogens with zero attached hydrogens (tertiary/aromatic N) is 3. The summed E-state index contributed by atoms with van der Waals surface area (Å²) in [5.41, 5.74) is 1.54. The van der Waals surface area contributed by atoms with Crippen molar-refractivity contribution in [3.05, 3.63) is 53.1 Å². The van der Waals surface area contributed by atoms with E-state index < -0.39 is 0 Å². The molecule has 0 fully saturated rings. The Balaban J connectivity index is 1.63. The van der Waals surface area contributed by atoms with Crippen LogP contribution in [0.25, 0.3) is 5.65 Å². The second-order valence-corrected chi connectivity index (χ2v) is 6.12. The molecule has 5 nitrogen and oxygen atoms in total. The van der Waals surface area contributed by atoms with Gasteiger partial charge in [0.1, 0.15) is 0 Å². The van der Waals surface area contributed by atoms with Gasteiger partial charge in [-0.2, -0.15) is 0 Å². The second kappa shape index (κ2) is 6.28. The van der Waals surface area contributed by atoms with Gasteiger partial charge in [0.25, 0.3) is 0 Å². The molecule has 2 heterocycles. The van der Waals surface area contributed by atoms with Gasteiger partial charge in [0.05, 0.1) is 5.75 Å². The Morgan fingerprint density at radius 3 is 3.00 bits per heavy atom. The first kappa shape index (κ1) is 14.1. The standard InChI is InChI=1S/C14H11BrN4OS/c15-10-4-3-5-11(8-10)16-13(20)9-21-14-18-17-12-6-1-2-7-19(12)14/h1-8H,9H2,(H,16,20). The van der Waals surface area contributed by atoms with E-state index in [-0.39, 0.29) is 11.7 Å². The summed E-state index contributed by atoms with van der Waals surface area (Å²) in [6.45, 7) is 0. The van der Waals surface area contributed by atoms with Gasteiger partial charge >= 0.3 is 0 Å². The summed E-state index contributed by atoms with van der Waals surface area (Å²) in [6, 6.07) is 13.2. The van der Waals surface area contributed by atoms with Crippen LogP contribution in [0.2, 0.25) is 0 Å². The van der Waals surface area contributed by atoms with Gasteiger partial charge in [-0.3, -0.25) is 9.20 Å². The van der Waals surface area contributed by atoms with E-state index in [2.05, 4.69) is 31.4 Å². The summed E-state index contributed by atoms with van der Waals surface area (Å²) in [5, 5.41) is 11.7. The molecular formula is C14H11BrN4OS. The average Bonchev–Trinajstić information content (AvgIpc) is 2.88. The maximum absolute atomic E-state index is 12.0. The molecule has 0 atom stereocenters. The fraction of sp³-hybridized carbons (Fsp3) is 0.0714. The number of anilines is 1. The summed E-state index contributed by atoms with van der Waals surface area (Å²) < 4.78 is 2.79. The van der Waals surface area contributed by atoms with Crippen LogP contribution in [0.15, 0.2) is 58.3 Å². The van der Waals surface area contributed by atoms with Crippen LogP contribution in [0.3, 0.4) is 0 Å². The van der Waals surface area contributed by atoms with E-state index >= 15 is 0 Å². The molecule has 0 bridgehead atoms. The second-order valence-electron chi connectivity index (χ2n) is 4.26. The smallest absolute Gasteiger partial charge is 0.234 e. The number of aromatic nitrogens is 3. The van der Waals surface area contributed by atoms with Gasteiger partial charge in [0.15, 0.2) is 10.8 Å². The molecule has 0 aliphatic heterocycles. The first-order valence-corrected chi connectivity index (χ1v) is 7.98. The Morgan fingerprint density at radius 1 is 1.24 bits per heavy atom. The molecule has 0 aliphatic carbocycles. The van der Waals surface area contributed by atoms with Crippen molar-refractivity contribution in [2.75, 3.05) is 11.1 Å². The lowest BCUT2D eigenvalue weighted by molar-refractivity contribution is -0.113. The zero-order valence-corrected chi connectivity index (χ0v) is 13.3. The normalized spacial score (nSPS) is 10.7. The number of amides is 1. The Hall–Kier alpha value is -1.86. The number of fused-ring (bicyclic) bond motifs is 1. The van der Waals surface area contributed by atoms with E-state index in [1.165, 1.54) is 11.8 Å². The van der Waals surface area contributed by atoms with Crippen LogP contribution < -0.4 is 5.32 Å². The van der Waals surface area contributed by atoms with Crippen LogP contribution in [0.1, 0.15) is 0 Å². The molecule has 21 heavy (non-hydrogen) atoms. The Kier molecular flexibility index (Phi) is 4.21. The molecule has 3 aromatic rings. The third-order valence-electron chi connectivity index (χ3n) is 2.72. The highest BCUT2D eigenvalue weighted by molar-refractivity contribution is 9.10. The summed E-state index contributed by atoms with van der Waals surface area (Å²) in [4.78, 5) is 12.0. The fourth-order valence-electron chi connectivity index (χ4n) is 1.81. The number of rotatable bonds is 4. The number of carbonyl (C=O) groups excluding carboxylic acids is 1. The minimum atomic E-state index is -0.0780. The van der Waals surface area contributed by atoms with Crippen molar-refractivity contribution in [1.29, 1.82) is 0 Å². The van der Waals surface area contributed by atoms with Crippen molar-refractivity contribution in [1.82, 2.24) is 14.6 Å². The maximum Gasteiger partial charge on any atom is 0.234 e. The van der Waals surface area contributed by atoms with Gasteiger partial charge in [-0.1, -0.05) is 39.8 Å². The van der Waals surface area contributed by atoms with Gasteiger partial charge in [0.2, 0.25) is 5.91 Å². The number of pyridine rings is 1. The molecule has 2 aromatic heterocycles. The third kappa shape index (κ3) is 3.43. The summed E-state index contributed by atoms with van der Waals surface area (Å²) in [7, 11) is 0. The summed E-state index contributed by atoms with van der Waals surface area (Å²) in [5.74, 6) is 0.202. The topological polar surface area (TPSA) is 59.3 Å². The van der Waals surface area contributed by atoms with Crippen molar-refractivity contribution >= 4 is 44.9 Å². The fourth-order valence-corrected chi connectivity index (χ4v) is 2.93. The minimum Gasteiger partial charge on any atom is -0.325 e. The van der Waals surface area contributed by atoms with Crippen LogP contribution in [0, 0.1) is 0 Å². The number of thioether (sulfide) groups is 1. The van der Waals surface area contributed by atoms with Crippen LogP contribution in [-0.2, 0) is 4.79 Å². The number of hydrogen-bond acceptors (Lipinski definition) is 4. The van der Waals surface area contributed by atoms with E-state index in [1.54, 1.807) is 0 Å². The van der Waals surface area contributed by atoms with Gasteiger partial charge in [-0.05, 0) is 30.3 Å². The quantitative estimate of drug-likeness (QED) is 0.723. The van der Waals surface area contributed by atoms with Crippen molar-refractivity contribution in [2.45, 2.75) is 5.16 Å². The van der Waals surface area contributed by atoms with Crippen molar-refractivity contribution in [3.63, 3.8) is 0 Å². The van der Waals surface area contributed by atoms with Crippen molar-refractivity contribution in [2.24, 2.45) is 0 Å². The van der Waals surface area contributed by atoms with Gasteiger partial charge in [-0.25, -0.2) is 0 Å². The number of halogens is 1. The molecule has 3 rings (SSSR count). The van der Waals surface area contributed by atoms with Crippen LogP contribution in [0.5, 0.6) is 0 Å². The van der Waals surface area contributed by atoms with E-state index in [0.717, 1.165) is 15.8 Å². The molecular weight excluding hydrogens is 352 g/mol. The van der Waals surface area contributed by atoms with Crippen LogP contribution >= 0.6 is 27.7 Å². The predicted octanol–water partition coefficient (Wildman–Crippen LogP) is 3.22. The Morgan fingerprint density at radius 2 is 2.14 bits per heavy atom. The largest absolute Gasteiger partial charge is 0.325 e. The molecule has 0 saturated heterocycles. The van der Waals surface area contributed by atoms with Gasteiger partial charge < -0.3 is 5.32 Å². The molecule has 106 valence electrons. The third-order valence-corrected chi connectivity index (χ3v) is 4.16. The predicted molar refractivity (Wildman–Crippen MR) is 86.5 cm³/mol. The lowest BCUT2D eigenvalue weighted by Crippen LogP contribution is -2.14. The number of carbonyl (C=O) groups is 1. The molecule has 0 radical (unpaired) electrons. The summed E-state index contributed by atoms with van der Waals surface area (Å²) in [6.07, 6.45) is 1.88. The molecule has 0 saturated carbocycles. The maximum atomic E-state index is 12.0. The first-order valence-electron chi connectivity index (χ1n) is 6.20.